The van der Waals surface area contributed by atoms with E-state index in [1.807, 2.05) is 0 Å². The van der Waals surface area contributed by atoms with E-state index < -0.39 is 24.2 Å². The monoisotopic (exact) mass is 497 g/mol. The third-order valence-electron chi connectivity index (χ3n) is 7.36. The van der Waals surface area contributed by atoms with Gasteiger partial charge in [0.25, 0.3) is 0 Å². The smallest absolute Gasteiger partial charge is 0.409 e. The van der Waals surface area contributed by atoms with Crippen LogP contribution in [0.1, 0.15) is 50.4 Å². The van der Waals surface area contributed by atoms with Gasteiger partial charge in [0.05, 0.1) is 31.5 Å². The highest BCUT2D eigenvalue weighted by atomic mass is 16.5. The van der Waals surface area contributed by atoms with Crippen molar-refractivity contribution in [3.8, 4) is 11.8 Å². The minimum absolute atomic E-state index is 0.170. The van der Waals surface area contributed by atoms with Crippen LogP contribution in [0.25, 0.3) is 11.2 Å². The Morgan fingerprint density at radius 2 is 1.94 bits per heavy atom. The van der Waals surface area contributed by atoms with E-state index in [9.17, 15) is 19.8 Å². The molecule has 5 rings (SSSR count). The summed E-state index contributed by atoms with van der Waals surface area (Å²) in [5.41, 5.74) is 6.90. The number of methoxy groups -OCH3 is 1. The van der Waals surface area contributed by atoms with Crippen molar-refractivity contribution in [1.82, 2.24) is 29.7 Å². The summed E-state index contributed by atoms with van der Waals surface area (Å²) in [5, 5.41) is 24.2. The Morgan fingerprint density at radius 3 is 2.64 bits per heavy atom. The molecular formula is C24H31N7O5. The van der Waals surface area contributed by atoms with Crippen molar-refractivity contribution in [3.63, 3.8) is 0 Å². The number of hydrogen-bond acceptors (Lipinski definition) is 9. The van der Waals surface area contributed by atoms with Crippen molar-refractivity contribution in [2.24, 2.45) is 11.8 Å². The number of nitrogens with one attached hydrogen (secondary N) is 1. The van der Waals surface area contributed by atoms with E-state index in [-0.39, 0.29) is 36.1 Å². The molecule has 1 aliphatic heterocycles. The molecule has 12 heteroatoms. The molecule has 12 nitrogen and oxygen atoms in total. The molecule has 0 spiro atoms. The molecule has 2 amide bonds. The normalized spacial score (nSPS) is 26.5. The van der Waals surface area contributed by atoms with Gasteiger partial charge in [0.15, 0.2) is 11.5 Å². The van der Waals surface area contributed by atoms with Crippen molar-refractivity contribution >= 4 is 29.0 Å². The first-order valence-electron chi connectivity index (χ1n) is 12.3. The molecule has 2 saturated carbocycles. The Kier molecular flexibility index (Phi) is 6.68. The number of amides is 2. The van der Waals surface area contributed by atoms with Gasteiger partial charge < -0.3 is 35.5 Å². The maximum atomic E-state index is 12.6. The SMILES string of the molecule is COC(=O)N1CCC(CC#Cc2nc(N)c3ncn([C@H]4C[C@@H](C(=O)NC5CC5)[C@H](O)[C@@H]4O)c3n2)CC1. The summed E-state index contributed by atoms with van der Waals surface area (Å²) in [5.74, 6) is 5.92. The molecule has 192 valence electrons. The Bertz CT molecular complexity index is 1210. The Balaban J connectivity index is 1.29. The highest BCUT2D eigenvalue weighted by molar-refractivity contribution is 5.83. The number of anilines is 1. The van der Waals surface area contributed by atoms with E-state index in [0.29, 0.717) is 36.6 Å². The van der Waals surface area contributed by atoms with E-state index in [1.165, 1.54) is 13.4 Å². The van der Waals surface area contributed by atoms with Crippen LogP contribution in [0.2, 0.25) is 0 Å². The van der Waals surface area contributed by atoms with Gasteiger partial charge in [-0.05, 0) is 43.9 Å². The van der Waals surface area contributed by atoms with Gasteiger partial charge in [-0.25, -0.2) is 19.7 Å². The third kappa shape index (κ3) is 4.81. The van der Waals surface area contributed by atoms with Crippen molar-refractivity contribution < 1.29 is 24.5 Å². The first-order chi connectivity index (χ1) is 17.4. The van der Waals surface area contributed by atoms with Gasteiger partial charge in [0.2, 0.25) is 11.7 Å². The van der Waals surface area contributed by atoms with E-state index in [4.69, 9.17) is 10.5 Å². The number of piperidine rings is 1. The van der Waals surface area contributed by atoms with Crippen molar-refractivity contribution in [1.29, 1.82) is 0 Å². The molecule has 3 aliphatic rings. The summed E-state index contributed by atoms with van der Waals surface area (Å²) in [7, 11) is 1.38. The predicted molar refractivity (Wildman–Crippen MR) is 128 cm³/mol. The topological polar surface area (TPSA) is 169 Å². The number of nitrogens with two attached hydrogens (primary N) is 1. The Hall–Kier alpha value is -3.43. The summed E-state index contributed by atoms with van der Waals surface area (Å²) in [6, 6.07) is -0.418. The summed E-state index contributed by atoms with van der Waals surface area (Å²) < 4.78 is 6.42. The zero-order chi connectivity index (χ0) is 25.4. The lowest BCUT2D eigenvalue weighted by Crippen LogP contribution is -2.39. The van der Waals surface area contributed by atoms with Crippen LogP contribution in [0.5, 0.6) is 0 Å². The highest BCUT2D eigenvalue weighted by Gasteiger charge is 2.47. The highest BCUT2D eigenvalue weighted by Crippen LogP contribution is 2.38. The van der Waals surface area contributed by atoms with Crippen molar-refractivity contribution in [2.75, 3.05) is 25.9 Å². The van der Waals surface area contributed by atoms with Crippen LogP contribution in [-0.4, -0.2) is 85.1 Å². The molecule has 2 aliphatic carbocycles. The molecule has 0 bridgehead atoms. The molecule has 3 heterocycles. The number of imidazole rings is 1. The minimum atomic E-state index is -1.18. The van der Waals surface area contributed by atoms with Gasteiger partial charge in [-0.3, -0.25) is 4.79 Å². The van der Waals surface area contributed by atoms with Crippen LogP contribution >= 0.6 is 0 Å². The summed E-state index contributed by atoms with van der Waals surface area (Å²) in [6.45, 7) is 1.28. The maximum Gasteiger partial charge on any atom is 0.409 e. The first kappa shape index (κ1) is 24.3. The number of carbonyl (C=O) groups is 2. The minimum Gasteiger partial charge on any atom is -0.453 e. The number of aliphatic hydroxyl groups is 2. The molecule has 0 radical (unpaired) electrons. The fourth-order valence-electron chi connectivity index (χ4n) is 5.04. The van der Waals surface area contributed by atoms with Gasteiger partial charge in [-0.2, -0.15) is 0 Å². The molecule has 2 aromatic heterocycles. The lowest BCUT2D eigenvalue weighted by atomic mass is 9.94. The Labute approximate surface area is 208 Å². The third-order valence-corrected chi connectivity index (χ3v) is 7.36. The molecule has 5 N–H and O–H groups in total. The number of nitrogen functional groups attached to an aromatic ring is 1. The number of carbonyl (C=O) groups excluding carboxylic acids is 2. The Morgan fingerprint density at radius 1 is 1.19 bits per heavy atom. The molecular weight excluding hydrogens is 466 g/mol. The van der Waals surface area contributed by atoms with Crippen LogP contribution in [-0.2, 0) is 9.53 Å². The van der Waals surface area contributed by atoms with Crippen molar-refractivity contribution in [3.05, 3.63) is 12.2 Å². The van der Waals surface area contributed by atoms with Gasteiger partial charge in [0, 0.05) is 25.6 Å². The van der Waals surface area contributed by atoms with Crippen LogP contribution in [0.3, 0.4) is 0 Å². The van der Waals surface area contributed by atoms with E-state index in [2.05, 4.69) is 32.1 Å². The predicted octanol–water partition coefficient (Wildman–Crippen LogP) is 0.190. The number of nitrogens with zero attached hydrogens (tertiary/aromatic N) is 5. The van der Waals surface area contributed by atoms with E-state index in [0.717, 1.165) is 25.7 Å². The average Bonchev–Trinajstić information content (AvgIpc) is 3.51. The number of rotatable bonds is 4. The summed E-state index contributed by atoms with van der Waals surface area (Å²) in [6.07, 6.45) is 3.33. The lowest BCUT2D eigenvalue weighted by molar-refractivity contribution is -0.129. The van der Waals surface area contributed by atoms with Gasteiger partial charge in [0.1, 0.15) is 11.6 Å². The second-order valence-corrected chi connectivity index (χ2v) is 9.84. The lowest BCUT2D eigenvalue weighted by Gasteiger charge is -2.29. The van der Waals surface area contributed by atoms with E-state index in [1.54, 1.807) is 9.47 Å². The van der Waals surface area contributed by atoms with Gasteiger partial charge in [-0.15, -0.1) is 0 Å². The second-order valence-electron chi connectivity index (χ2n) is 9.84. The van der Waals surface area contributed by atoms with Gasteiger partial charge >= 0.3 is 6.09 Å². The van der Waals surface area contributed by atoms with Crippen LogP contribution in [0.4, 0.5) is 10.6 Å². The molecule has 2 aromatic rings. The molecule has 3 fully saturated rings. The zero-order valence-corrected chi connectivity index (χ0v) is 20.1. The maximum absolute atomic E-state index is 12.6. The summed E-state index contributed by atoms with van der Waals surface area (Å²) in [4.78, 5) is 39.0. The second kappa shape index (κ2) is 9.91. The number of fused-ring (bicyclic) bond motifs is 1. The number of likely N-dealkylation sites (tertiary alicyclic amines) is 1. The number of ether oxygens (including phenoxy) is 1. The number of aromatic nitrogens is 4. The molecule has 36 heavy (non-hydrogen) atoms. The standard InChI is InChI=1S/C24H31N7O5/c1-36-24(35)30-9-7-13(8-10-30)3-2-4-17-28-21(25)18-22(29-17)31(12-26-18)16-11-15(19(32)20(16)33)23(34)27-14-5-6-14/h12-16,19-20,32-33H,3,5-11H2,1H3,(H,27,34)(H2,25,28,29)/t15-,16+,19+,20-/m1/s1. The summed E-state index contributed by atoms with van der Waals surface area (Å²) >= 11 is 0. The zero-order valence-electron chi connectivity index (χ0n) is 20.1. The number of aliphatic hydroxyl groups excluding tert-OH is 2. The van der Waals surface area contributed by atoms with Crippen LogP contribution in [0, 0.1) is 23.7 Å². The van der Waals surface area contributed by atoms with Gasteiger partial charge in [-0.1, -0.05) is 5.92 Å². The first-order valence-corrected chi connectivity index (χ1v) is 12.3. The number of hydrogen-bond donors (Lipinski definition) is 4. The molecule has 0 unspecified atom stereocenters. The fourth-order valence-corrected chi connectivity index (χ4v) is 5.04. The largest absolute Gasteiger partial charge is 0.453 e. The quantitative estimate of drug-likeness (QED) is 0.431. The fraction of sp³-hybridized carbons (Fsp3) is 0.625. The molecule has 1 saturated heterocycles. The van der Waals surface area contributed by atoms with Crippen LogP contribution < -0.4 is 11.1 Å². The molecule has 4 atom stereocenters. The molecule has 0 aromatic carbocycles. The average molecular weight is 498 g/mol. The van der Waals surface area contributed by atoms with Crippen molar-refractivity contribution in [2.45, 2.75) is 62.8 Å². The van der Waals surface area contributed by atoms with Crippen LogP contribution in [0.15, 0.2) is 6.33 Å². The van der Waals surface area contributed by atoms with E-state index >= 15 is 0 Å².